The van der Waals surface area contributed by atoms with Crippen molar-refractivity contribution in [2.24, 2.45) is 0 Å². The molecule has 9 aromatic carbocycles. The molecule has 10 rings (SSSR count). The second kappa shape index (κ2) is 39.6. The van der Waals surface area contributed by atoms with Gasteiger partial charge in [-0.3, -0.25) is 0 Å². The molecule has 0 unspecified atom stereocenters. The summed E-state index contributed by atoms with van der Waals surface area (Å²) < 4.78 is 289. The van der Waals surface area contributed by atoms with Crippen LogP contribution >= 0.6 is 0 Å². The van der Waals surface area contributed by atoms with E-state index in [0.29, 0.717) is 81.2 Å². The average Bonchev–Trinajstić information content (AvgIpc) is 0.773. The summed E-state index contributed by atoms with van der Waals surface area (Å²) in [5, 5.41) is 2.22. The minimum absolute atomic E-state index is 0.0399. The van der Waals surface area contributed by atoms with E-state index in [-0.39, 0.29) is 42.0 Å². The molecule has 108 heavy (non-hydrogen) atoms. The zero-order chi connectivity index (χ0) is 78.9. The monoisotopic (exact) mass is 1580 g/mol. The van der Waals surface area contributed by atoms with Crippen LogP contribution in [0.2, 0.25) is 0 Å². The number of fused-ring (bicyclic) bond motifs is 1. The number of benzene rings is 9. The molecule has 0 heterocycles. The Kier molecular flexibility index (Phi) is 31.2. The lowest BCUT2D eigenvalue weighted by Crippen LogP contribution is -2.30. The highest BCUT2D eigenvalue weighted by Gasteiger charge is 2.33. The van der Waals surface area contributed by atoms with E-state index >= 15 is 0 Å². The summed E-state index contributed by atoms with van der Waals surface area (Å²) in [5.74, 6) is -15.2. The van der Waals surface area contributed by atoms with Gasteiger partial charge >= 0.3 is 0 Å². The van der Waals surface area contributed by atoms with E-state index in [1.54, 1.807) is 54.6 Å². The molecule has 1 aliphatic carbocycles. The normalized spacial score (nSPS) is 13.5. The van der Waals surface area contributed by atoms with Gasteiger partial charge in [-0.05, 0) is 162 Å². The number of hydrogen-bond donors (Lipinski definition) is 0. The Morgan fingerprint density at radius 1 is 0.333 bits per heavy atom. The fourth-order valence-electron chi connectivity index (χ4n) is 9.80. The van der Waals surface area contributed by atoms with Crippen LogP contribution in [0.15, 0.2) is 204 Å². The zero-order valence-corrected chi connectivity index (χ0v) is 60.0. The van der Waals surface area contributed by atoms with E-state index in [1.165, 1.54) is 48.5 Å². The Morgan fingerprint density at radius 2 is 0.667 bits per heavy atom. The molecule has 33 heteroatoms. The molecule has 0 atom stereocenters. The molecule has 0 spiro atoms. The molecule has 0 radical (unpaired) electrons. The van der Waals surface area contributed by atoms with Gasteiger partial charge in [0.15, 0.2) is 40.7 Å². The van der Waals surface area contributed by atoms with Crippen molar-refractivity contribution in [1.29, 1.82) is 0 Å². The smallest absolute Gasteiger partial charge is 0.205 e. The largest absolute Gasteiger partial charge is 0.744 e. The molecule has 9 aromatic rings. The van der Waals surface area contributed by atoms with Gasteiger partial charge in [0.2, 0.25) is 11.6 Å². The van der Waals surface area contributed by atoms with Crippen LogP contribution in [0.4, 0.5) is 35.1 Å². The molecule has 0 aliphatic heterocycles. The van der Waals surface area contributed by atoms with Gasteiger partial charge in [-0.25, -0.2) is 60.0 Å². The summed E-state index contributed by atoms with van der Waals surface area (Å²) in [6, 6.07) is 44.2. The van der Waals surface area contributed by atoms with Crippen LogP contribution in [0.3, 0.4) is 0 Å². The molecular weight excluding hydrogens is 1520 g/mol. The van der Waals surface area contributed by atoms with E-state index in [4.69, 9.17) is 42.6 Å². The van der Waals surface area contributed by atoms with Crippen molar-refractivity contribution in [3.8, 4) is 40.2 Å². The maximum atomic E-state index is 14.1. The average molecular weight is 1580 g/mol. The van der Waals surface area contributed by atoms with Crippen LogP contribution < -0.4 is 33.2 Å². The molecule has 0 amide bonds. The van der Waals surface area contributed by atoms with Crippen molar-refractivity contribution in [2.45, 2.75) is 64.1 Å². The molecule has 576 valence electrons. The molecule has 0 bridgehead atoms. The Hall–Kier alpha value is -10.2. The van der Waals surface area contributed by atoms with Gasteiger partial charge in [0.25, 0.3) is 0 Å². The van der Waals surface area contributed by atoms with Gasteiger partial charge in [-0.2, -0.15) is 8.78 Å². The third kappa shape index (κ3) is 25.2. The van der Waals surface area contributed by atoms with Gasteiger partial charge in [0, 0.05) is 0 Å². The first-order valence-corrected chi connectivity index (χ1v) is 37.6. The van der Waals surface area contributed by atoms with Crippen molar-refractivity contribution < 1.29 is 130 Å². The fraction of sp³-hybridized carbons (Fsp3) is 0.200. The zero-order valence-electron chi connectivity index (χ0n) is 56.7. The van der Waals surface area contributed by atoms with Crippen LogP contribution in [0.1, 0.15) is 53.5 Å². The summed E-state index contributed by atoms with van der Waals surface area (Å²) in [6.07, 6.45) is 7.34. The van der Waals surface area contributed by atoms with Gasteiger partial charge in [-0.15, -0.1) is 0 Å². The standard InChI is InChI=1S/C22H22O6S.C20H18F4O5S.C17H14F4O5S.C16H16O5S/c1-2-17-3-4-19-16-21(6-5-18(19)15-17)28-14-12-26-11-13-27-20-7-9-22(10-8-20)29(23,24)25;1-2-11-3-5-12(6-4-11)28-13-7-9-14(10-8-13)29-19-15(21)17(23)20(30(25,26)27)18(24)16(19)22;1-2-10-4-3-5-11(8-10)26-7-6-25-9-12-13(18)15(20)17(27(22,23)24)16(21)14(12)19;1-2-13-4-3-5-15(12-13)21-11-10-20-14-6-8-16(9-7-14)22(17,18)19/h2-10,15-16H,1,11-14H2,(H,23,24,25);2-6,13-14H,1,7-10H2,(H,25,26,27);2-5,8H,1,6-7,9H2,(H,22,23,24);2-9,12H,1,10-11H2,(H,17,18,19)/p-4. The molecular formula is C75H66F8O21S4-4. The predicted octanol–water partition coefficient (Wildman–Crippen LogP) is 14.5. The molecule has 1 aliphatic rings. The summed E-state index contributed by atoms with van der Waals surface area (Å²) >= 11 is 0. The number of ether oxygens (including phenoxy) is 9. The Bertz CT molecular complexity index is 5030. The molecule has 0 saturated heterocycles. The first kappa shape index (κ1) is 85.1. The number of rotatable bonds is 31. The van der Waals surface area contributed by atoms with Crippen molar-refractivity contribution in [2.75, 3.05) is 52.9 Å². The molecule has 1 fully saturated rings. The van der Waals surface area contributed by atoms with Crippen molar-refractivity contribution >= 4 is 75.5 Å². The molecule has 0 aromatic heterocycles. The first-order valence-electron chi connectivity index (χ1n) is 31.9. The highest BCUT2D eigenvalue weighted by atomic mass is 32.2. The van der Waals surface area contributed by atoms with E-state index in [1.807, 2.05) is 72.8 Å². The lowest BCUT2D eigenvalue weighted by Gasteiger charge is -2.29. The third-order valence-electron chi connectivity index (χ3n) is 15.2. The molecule has 21 nitrogen and oxygen atoms in total. The SMILES string of the molecule is C=Cc1ccc(OC2CCC(Oc3c(F)c(F)c(S(=O)(=O)[O-])c(F)c3F)CC2)cc1.C=Cc1ccc2cc(OCCOCCOc3ccc(S(=O)(=O)[O-])cc3)ccc2c1.C=Cc1cccc(OCCOCc2c(F)c(F)c(S(=O)(=O)[O-])c(F)c2F)c1.C=Cc1cccc(OCCOc2ccc(S(=O)(=O)[O-])cc2)c1. The van der Waals surface area contributed by atoms with Gasteiger partial charge < -0.3 is 60.8 Å². The quantitative estimate of drug-likeness (QED) is 0.0169. The maximum Gasteiger partial charge on any atom is 0.205 e. The fourth-order valence-corrected chi connectivity index (χ4v) is 12.0. The number of hydrogen-bond acceptors (Lipinski definition) is 21. The highest BCUT2D eigenvalue weighted by Crippen LogP contribution is 2.36. The summed E-state index contributed by atoms with van der Waals surface area (Å²) in [7, 11) is -20.4. The van der Waals surface area contributed by atoms with Crippen LogP contribution in [0.5, 0.6) is 40.2 Å². The highest BCUT2D eigenvalue weighted by molar-refractivity contribution is 7.86. The minimum Gasteiger partial charge on any atom is -0.744 e. The van der Waals surface area contributed by atoms with Crippen molar-refractivity contribution in [3.05, 3.63) is 258 Å². The Morgan fingerprint density at radius 3 is 1.08 bits per heavy atom. The van der Waals surface area contributed by atoms with E-state index in [0.717, 1.165) is 38.8 Å². The van der Waals surface area contributed by atoms with Crippen molar-refractivity contribution in [3.63, 3.8) is 0 Å². The maximum absolute atomic E-state index is 14.1. The van der Waals surface area contributed by atoms with Gasteiger partial charge in [0.1, 0.15) is 118 Å². The third-order valence-corrected chi connectivity index (χ3v) is 18.6. The predicted molar refractivity (Wildman–Crippen MR) is 376 cm³/mol. The summed E-state index contributed by atoms with van der Waals surface area (Å²) in [4.78, 5) is -4.97. The number of halogens is 8. The second-order valence-corrected chi connectivity index (χ2v) is 28.0. The minimum atomic E-state index is -5.76. The molecule has 1 saturated carbocycles. The Labute approximate surface area is 617 Å². The van der Waals surface area contributed by atoms with E-state index < -0.39 is 121 Å². The first-order chi connectivity index (χ1) is 51.2. The van der Waals surface area contributed by atoms with Crippen LogP contribution in [0.25, 0.3) is 35.1 Å². The topological polar surface area (TPSA) is 312 Å². The lowest BCUT2D eigenvalue weighted by molar-refractivity contribution is 0.0742. The van der Waals surface area contributed by atoms with Gasteiger partial charge in [-0.1, -0.05) is 105 Å². The van der Waals surface area contributed by atoms with Crippen LogP contribution in [-0.2, 0) is 56.6 Å². The molecule has 0 N–H and O–H groups in total. The van der Waals surface area contributed by atoms with Gasteiger partial charge in [0.05, 0.1) is 54.0 Å². The van der Waals surface area contributed by atoms with Crippen molar-refractivity contribution in [1.82, 2.24) is 0 Å². The van der Waals surface area contributed by atoms with Crippen LogP contribution in [-0.4, -0.2) is 117 Å². The summed E-state index contributed by atoms with van der Waals surface area (Å²) in [5.41, 5.74) is 2.60. The van der Waals surface area contributed by atoms with Crippen LogP contribution in [0, 0.1) is 46.5 Å². The van der Waals surface area contributed by atoms with E-state index in [9.17, 15) is 87.0 Å². The summed E-state index contributed by atoms with van der Waals surface area (Å²) in [6.45, 7) is 15.7. The second-order valence-electron chi connectivity index (χ2n) is 22.6. The van der Waals surface area contributed by atoms with E-state index in [2.05, 4.69) is 32.4 Å². The lowest BCUT2D eigenvalue weighted by atomic mass is 9.95. The Balaban J connectivity index is 0.000000202.